The van der Waals surface area contributed by atoms with Gasteiger partial charge in [-0.1, -0.05) is 12.1 Å². The fourth-order valence-corrected chi connectivity index (χ4v) is 3.43. The molecule has 1 saturated carbocycles. The zero-order valence-electron chi connectivity index (χ0n) is 15.0. The summed E-state index contributed by atoms with van der Waals surface area (Å²) in [6.45, 7) is 0. The SMILES string of the molecule is OC1CCC(C=Nc2ccn3ncc(-c4cccc(C(F)(F)F)c4)c3n2)CC1. The number of hydrogen-bond acceptors (Lipinski definition) is 4. The minimum Gasteiger partial charge on any atom is -0.393 e. The average Bonchev–Trinajstić information content (AvgIpc) is 3.10. The zero-order chi connectivity index (χ0) is 19.7. The Morgan fingerprint density at radius 1 is 1.14 bits per heavy atom. The highest BCUT2D eigenvalue weighted by molar-refractivity contribution is 5.78. The van der Waals surface area contributed by atoms with E-state index in [-0.39, 0.29) is 6.10 Å². The minimum atomic E-state index is -4.41. The normalized spacial score (nSPS) is 20.9. The topological polar surface area (TPSA) is 62.8 Å². The van der Waals surface area contributed by atoms with E-state index in [0.717, 1.165) is 37.8 Å². The van der Waals surface area contributed by atoms with Gasteiger partial charge in [-0.05, 0) is 49.3 Å². The molecule has 28 heavy (non-hydrogen) atoms. The average molecular weight is 388 g/mol. The molecule has 4 rings (SSSR count). The summed E-state index contributed by atoms with van der Waals surface area (Å²) in [5.41, 5.74) is 0.662. The smallest absolute Gasteiger partial charge is 0.393 e. The maximum atomic E-state index is 13.0. The first-order valence-corrected chi connectivity index (χ1v) is 9.14. The van der Waals surface area contributed by atoms with Crippen molar-refractivity contribution in [3.05, 3.63) is 48.3 Å². The molecule has 0 spiro atoms. The Morgan fingerprint density at radius 3 is 2.68 bits per heavy atom. The maximum absolute atomic E-state index is 13.0. The Balaban J connectivity index is 1.64. The van der Waals surface area contributed by atoms with Crippen LogP contribution in [-0.2, 0) is 6.18 Å². The molecule has 0 radical (unpaired) electrons. The monoisotopic (exact) mass is 388 g/mol. The highest BCUT2D eigenvalue weighted by Gasteiger charge is 2.30. The number of rotatable bonds is 3. The first kappa shape index (κ1) is 18.6. The summed E-state index contributed by atoms with van der Waals surface area (Å²) < 4.78 is 40.6. The number of aromatic nitrogens is 3. The number of nitrogens with zero attached hydrogens (tertiary/aromatic N) is 4. The van der Waals surface area contributed by atoms with Gasteiger partial charge in [-0.15, -0.1) is 0 Å². The van der Waals surface area contributed by atoms with Crippen LogP contribution in [0, 0.1) is 5.92 Å². The molecule has 1 aliphatic carbocycles. The molecular formula is C20H19F3N4O. The lowest BCUT2D eigenvalue weighted by Crippen LogP contribution is -2.18. The number of hydrogen-bond donors (Lipinski definition) is 1. The summed E-state index contributed by atoms with van der Waals surface area (Å²) in [4.78, 5) is 8.91. The highest BCUT2D eigenvalue weighted by Crippen LogP contribution is 2.33. The molecule has 0 aliphatic heterocycles. The van der Waals surface area contributed by atoms with Crippen LogP contribution < -0.4 is 0 Å². The minimum absolute atomic E-state index is 0.221. The van der Waals surface area contributed by atoms with Gasteiger partial charge in [0.1, 0.15) is 0 Å². The summed E-state index contributed by atoms with van der Waals surface area (Å²) in [6, 6.07) is 6.84. The predicted octanol–water partition coefficient (Wildman–Crippen LogP) is 4.67. The Morgan fingerprint density at radius 2 is 1.93 bits per heavy atom. The van der Waals surface area contributed by atoms with Crippen LogP contribution in [0.15, 0.2) is 47.7 Å². The van der Waals surface area contributed by atoms with Crippen LogP contribution in [0.4, 0.5) is 19.0 Å². The number of aliphatic hydroxyl groups excluding tert-OH is 1. The van der Waals surface area contributed by atoms with Gasteiger partial charge in [0.2, 0.25) is 0 Å². The van der Waals surface area contributed by atoms with Crippen LogP contribution in [0.3, 0.4) is 0 Å². The van der Waals surface area contributed by atoms with E-state index in [2.05, 4.69) is 15.1 Å². The quantitative estimate of drug-likeness (QED) is 0.664. The van der Waals surface area contributed by atoms with E-state index in [0.29, 0.717) is 28.5 Å². The molecule has 146 valence electrons. The number of fused-ring (bicyclic) bond motifs is 1. The van der Waals surface area contributed by atoms with Crippen molar-refractivity contribution in [2.45, 2.75) is 38.0 Å². The van der Waals surface area contributed by atoms with Gasteiger partial charge >= 0.3 is 6.18 Å². The molecule has 1 fully saturated rings. The van der Waals surface area contributed by atoms with Gasteiger partial charge in [0, 0.05) is 24.0 Å². The van der Waals surface area contributed by atoms with Crippen LogP contribution in [-0.4, -0.2) is 32.0 Å². The third-order valence-corrected chi connectivity index (χ3v) is 5.01. The first-order valence-electron chi connectivity index (χ1n) is 9.14. The van der Waals surface area contributed by atoms with E-state index in [4.69, 9.17) is 0 Å². The lowest BCUT2D eigenvalue weighted by Gasteiger charge is -2.21. The van der Waals surface area contributed by atoms with Gasteiger partial charge in [0.15, 0.2) is 11.5 Å². The summed E-state index contributed by atoms with van der Waals surface area (Å²) >= 11 is 0. The van der Waals surface area contributed by atoms with Crippen molar-refractivity contribution in [2.24, 2.45) is 10.9 Å². The first-order chi connectivity index (χ1) is 13.4. The third kappa shape index (κ3) is 3.91. The van der Waals surface area contributed by atoms with Crippen LogP contribution in [0.2, 0.25) is 0 Å². The number of benzene rings is 1. The van der Waals surface area contributed by atoms with Gasteiger partial charge in [0.05, 0.1) is 17.9 Å². The highest BCUT2D eigenvalue weighted by atomic mass is 19.4. The summed E-state index contributed by atoms with van der Waals surface area (Å²) in [7, 11) is 0. The third-order valence-electron chi connectivity index (χ3n) is 5.01. The molecule has 8 heteroatoms. The summed E-state index contributed by atoms with van der Waals surface area (Å²) in [5.74, 6) is 0.779. The molecule has 1 N–H and O–H groups in total. The molecule has 0 bridgehead atoms. The van der Waals surface area contributed by atoms with Gasteiger partial charge < -0.3 is 5.11 Å². The molecule has 2 aromatic heterocycles. The van der Waals surface area contributed by atoms with Crippen molar-refractivity contribution < 1.29 is 18.3 Å². The molecule has 0 atom stereocenters. The van der Waals surface area contributed by atoms with Gasteiger partial charge in [-0.3, -0.25) is 0 Å². The zero-order valence-corrected chi connectivity index (χ0v) is 15.0. The van der Waals surface area contributed by atoms with E-state index in [9.17, 15) is 18.3 Å². The van der Waals surface area contributed by atoms with Crippen molar-refractivity contribution in [1.29, 1.82) is 0 Å². The molecule has 0 saturated heterocycles. The van der Waals surface area contributed by atoms with Crippen molar-refractivity contribution in [2.75, 3.05) is 0 Å². The van der Waals surface area contributed by atoms with Gasteiger partial charge in [0.25, 0.3) is 0 Å². The Labute approximate surface area is 159 Å². The van der Waals surface area contributed by atoms with Crippen LogP contribution in [0.25, 0.3) is 16.8 Å². The van der Waals surface area contributed by atoms with Crippen molar-refractivity contribution in [3.63, 3.8) is 0 Å². The summed E-state index contributed by atoms with van der Waals surface area (Å²) in [6.07, 6.45) is 3.73. The Bertz CT molecular complexity index is 1000. The fraction of sp³-hybridized carbons (Fsp3) is 0.350. The van der Waals surface area contributed by atoms with E-state index in [1.807, 2.05) is 6.21 Å². The van der Waals surface area contributed by atoms with E-state index >= 15 is 0 Å². The van der Waals surface area contributed by atoms with E-state index in [1.54, 1.807) is 18.3 Å². The lowest BCUT2D eigenvalue weighted by atomic mass is 9.88. The van der Waals surface area contributed by atoms with Crippen LogP contribution >= 0.6 is 0 Å². The van der Waals surface area contributed by atoms with Gasteiger partial charge in [-0.25, -0.2) is 14.5 Å². The van der Waals surface area contributed by atoms with Crippen molar-refractivity contribution in [1.82, 2.24) is 14.6 Å². The van der Waals surface area contributed by atoms with Crippen molar-refractivity contribution in [3.8, 4) is 11.1 Å². The standard InChI is InChI=1S/C20H19F3N4O/c21-20(22,23)15-3-1-2-14(10-15)17-12-25-27-9-8-18(26-19(17)27)24-11-13-4-6-16(28)7-5-13/h1-3,8-13,16,28H,4-7H2. The molecular weight excluding hydrogens is 369 g/mol. The molecule has 3 aromatic rings. The van der Waals surface area contributed by atoms with Gasteiger partial charge in [-0.2, -0.15) is 18.3 Å². The molecule has 5 nitrogen and oxygen atoms in total. The Kier molecular flexibility index (Phi) is 4.89. The van der Waals surface area contributed by atoms with Crippen molar-refractivity contribution >= 4 is 17.7 Å². The fourth-order valence-electron chi connectivity index (χ4n) is 3.43. The molecule has 0 amide bonds. The lowest BCUT2D eigenvalue weighted by molar-refractivity contribution is -0.137. The molecule has 2 heterocycles. The molecule has 1 aromatic carbocycles. The number of aliphatic hydroxyl groups is 1. The largest absolute Gasteiger partial charge is 0.416 e. The van der Waals surface area contributed by atoms with E-state index in [1.165, 1.54) is 16.8 Å². The summed E-state index contributed by atoms with van der Waals surface area (Å²) in [5, 5.41) is 13.8. The van der Waals surface area contributed by atoms with Crippen LogP contribution in [0.1, 0.15) is 31.2 Å². The second-order valence-corrected chi connectivity index (χ2v) is 7.04. The number of alkyl halides is 3. The second kappa shape index (κ2) is 7.35. The number of aliphatic imine (C=N–C) groups is 1. The molecule has 1 aliphatic rings. The maximum Gasteiger partial charge on any atom is 0.416 e. The second-order valence-electron chi connectivity index (χ2n) is 7.04. The predicted molar refractivity (Wildman–Crippen MR) is 99.5 cm³/mol. The Hall–Kier alpha value is -2.74. The van der Waals surface area contributed by atoms with Crippen LogP contribution in [0.5, 0.6) is 0 Å². The number of halogens is 3. The molecule has 0 unspecified atom stereocenters. The van der Waals surface area contributed by atoms with E-state index < -0.39 is 11.7 Å².